The van der Waals surface area contributed by atoms with E-state index < -0.39 is 10.0 Å². The molecule has 0 atom stereocenters. The molecule has 0 saturated carbocycles. The highest BCUT2D eigenvalue weighted by Crippen LogP contribution is 2.23. The predicted molar refractivity (Wildman–Crippen MR) is 78.1 cm³/mol. The van der Waals surface area contributed by atoms with Gasteiger partial charge in [-0.2, -0.15) is 0 Å². The van der Waals surface area contributed by atoms with Crippen molar-refractivity contribution in [1.82, 2.24) is 15.2 Å². The van der Waals surface area contributed by atoms with Crippen LogP contribution in [0.25, 0.3) is 0 Å². The minimum atomic E-state index is -3.71. The van der Waals surface area contributed by atoms with Gasteiger partial charge in [0.1, 0.15) is 4.21 Å². The third-order valence-electron chi connectivity index (χ3n) is 2.60. The quantitative estimate of drug-likeness (QED) is 0.864. The summed E-state index contributed by atoms with van der Waals surface area (Å²) in [6.45, 7) is 3.88. The minimum Gasteiger partial charge on any atom is -0.398 e. The molecule has 0 spiro atoms. The second-order valence-electron chi connectivity index (χ2n) is 4.04. The van der Waals surface area contributed by atoms with Crippen molar-refractivity contribution in [2.24, 2.45) is 0 Å². The maximum absolute atomic E-state index is 12.1. The molecular weight excluding hydrogens is 298 g/mol. The molecule has 0 radical (unpaired) electrons. The third-order valence-corrected chi connectivity index (χ3v) is 5.38. The summed E-state index contributed by atoms with van der Waals surface area (Å²) in [6.07, 6.45) is 1.37. The SMILES string of the molecule is CCc1nnc(NS(=O)(=O)c2cc(N)cs2)nc1CC. The molecule has 0 saturated heterocycles. The van der Waals surface area contributed by atoms with Crippen LogP contribution in [0.3, 0.4) is 0 Å². The van der Waals surface area contributed by atoms with E-state index in [0.717, 1.165) is 22.7 Å². The third kappa shape index (κ3) is 3.05. The van der Waals surface area contributed by atoms with Crippen molar-refractivity contribution < 1.29 is 8.42 Å². The van der Waals surface area contributed by atoms with Crippen LogP contribution in [0, 0.1) is 0 Å². The molecule has 0 aliphatic heterocycles. The lowest BCUT2D eigenvalue weighted by Gasteiger charge is -2.07. The number of aryl methyl sites for hydroxylation is 2. The lowest BCUT2D eigenvalue weighted by atomic mass is 10.2. The maximum Gasteiger partial charge on any atom is 0.273 e. The summed E-state index contributed by atoms with van der Waals surface area (Å²) >= 11 is 1.04. The Morgan fingerprint density at radius 1 is 1.25 bits per heavy atom. The molecule has 2 heterocycles. The van der Waals surface area contributed by atoms with E-state index in [0.29, 0.717) is 18.5 Å². The average molecular weight is 313 g/mol. The van der Waals surface area contributed by atoms with Crippen molar-refractivity contribution in [2.75, 3.05) is 10.5 Å². The number of aromatic nitrogens is 3. The van der Waals surface area contributed by atoms with Gasteiger partial charge in [-0.1, -0.05) is 13.8 Å². The number of hydrogen-bond donors (Lipinski definition) is 2. The number of nitrogens with one attached hydrogen (secondary N) is 1. The lowest BCUT2D eigenvalue weighted by Crippen LogP contribution is -2.16. The molecule has 0 aliphatic carbocycles. The minimum absolute atomic E-state index is 0.0222. The highest BCUT2D eigenvalue weighted by atomic mass is 32.2. The first-order valence-corrected chi connectivity index (χ1v) is 8.41. The summed E-state index contributed by atoms with van der Waals surface area (Å²) in [6, 6.07) is 1.39. The van der Waals surface area contributed by atoms with Crippen LogP contribution in [0.15, 0.2) is 15.7 Å². The molecule has 3 N–H and O–H groups in total. The second-order valence-corrected chi connectivity index (χ2v) is 6.86. The van der Waals surface area contributed by atoms with Crippen molar-refractivity contribution >= 4 is 33.0 Å². The molecule has 0 fully saturated rings. The standard InChI is InChI=1S/C11H15N5O2S2/c1-3-8-9(4-2)14-15-11(13-8)16-20(17,18)10-5-7(12)6-19-10/h5-6H,3-4,12H2,1-2H3,(H,13,15,16). The first kappa shape index (κ1) is 14.7. The zero-order valence-corrected chi connectivity index (χ0v) is 12.8. The van der Waals surface area contributed by atoms with E-state index in [-0.39, 0.29) is 10.2 Å². The summed E-state index contributed by atoms with van der Waals surface area (Å²) in [5.41, 5.74) is 7.45. The summed E-state index contributed by atoms with van der Waals surface area (Å²) in [4.78, 5) is 4.19. The van der Waals surface area contributed by atoms with E-state index in [1.165, 1.54) is 6.07 Å². The Bertz CT molecular complexity index is 711. The van der Waals surface area contributed by atoms with Crippen molar-refractivity contribution in [2.45, 2.75) is 30.9 Å². The fourth-order valence-electron chi connectivity index (χ4n) is 1.62. The number of nitrogen functional groups attached to an aromatic ring is 1. The van der Waals surface area contributed by atoms with Gasteiger partial charge in [-0.05, 0) is 18.9 Å². The first-order chi connectivity index (χ1) is 9.46. The highest BCUT2D eigenvalue weighted by Gasteiger charge is 2.18. The Morgan fingerprint density at radius 3 is 2.50 bits per heavy atom. The van der Waals surface area contributed by atoms with Gasteiger partial charge in [0.2, 0.25) is 0 Å². The fourth-order valence-corrected chi connectivity index (χ4v) is 3.64. The van der Waals surface area contributed by atoms with Crippen molar-refractivity contribution in [3.63, 3.8) is 0 Å². The van der Waals surface area contributed by atoms with E-state index in [2.05, 4.69) is 19.9 Å². The fraction of sp³-hybridized carbons (Fsp3) is 0.364. The second kappa shape index (κ2) is 5.71. The van der Waals surface area contributed by atoms with E-state index >= 15 is 0 Å². The smallest absolute Gasteiger partial charge is 0.273 e. The molecule has 0 unspecified atom stereocenters. The van der Waals surface area contributed by atoms with Gasteiger partial charge < -0.3 is 5.73 Å². The normalized spacial score (nSPS) is 11.5. The summed E-state index contributed by atoms with van der Waals surface area (Å²) in [7, 11) is -3.71. The molecule has 20 heavy (non-hydrogen) atoms. The largest absolute Gasteiger partial charge is 0.398 e. The van der Waals surface area contributed by atoms with Crippen LogP contribution >= 0.6 is 11.3 Å². The summed E-state index contributed by atoms with van der Waals surface area (Å²) in [5.74, 6) is -0.0222. The first-order valence-electron chi connectivity index (χ1n) is 6.05. The zero-order chi connectivity index (χ0) is 14.8. The van der Waals surface area contributed by atoms with E-state index in [9.17, 15) is 8.42 Å². The molecule has 7 nitrogen and oxygen atoms in total. The summed E-state index contributed by atoms with van der Waals surface area (Å²) < 4.78 is 26.6. The van der Waals surface area contributed by atoms with Crippen molar-refractivity contribution in [3.05, 3.63) is 22.8 Å². The summed E-state index contributed by atoms with van der Waals surface area (Å²) in [5, 5.41) is 9.35. The Kier molecular flexibility index (Phi) is 4.19. The van der Waals surface area contributed by atoms with Crippen LogP contribution < -0.4 is 10.5 Å². The number of rotatable bonds is 5. The van der Waals surface area contributed by atoms with Crippen LogP contribution in [0.5, 0.6) is 0 Å². The Labute approximate surface area is 121 Å². The molecule has 0 bridgehead atoms. The molecule has 2 aromatic rings. The topological polar surface area (TPSA) is 111 Å². The van der Waals surface area contributed by atoms with E-state index in [4.69, 9.17) is 5.73 Å². The van der Waals surface area contributed by atoms with Crippen LogP contribution in [-0.4, -0.2) is 23.6 Å². The van der Waals surface area contributed by atoms with Crippen LogP contribution in [-0.2, 0) is 22.9 Å². The molecule has 0 amide bonds. The number of nitrogens with zero attached hydrogens (tertiary/aromatic N) is 3. The maximum atomic E-state index is 12.1. The zero-order valence-electron chi connectivity index (χ0n) is 11.1. The van der Waals surface area contributed by atoms with Gasteiger partial charge in [0.05, 0.1) is 11.4 Å². The lowest BCUT2D eigenvalue weighted by molar-refractivity contribution is 0.602. The number of nitrogens with two attached hydrogens (primary N) is 1. The predicted octanol–water partition coefficient (Wildman–Crippen LogP) is 1.44. The van der Waals surface area contributed by atoms with Crippen LogP contribution in [0.2, 0.25) is 0 Å². The van der Waals surface area contributed by atoms with Gasteiger partial charge in [-0.3, -0.25) is 0 Å². The Hall–Kier alpha value is -1.74. The Balaban J connectivity index is 2.30. The average Bonchev–Trinajstić information content (AvgIpc) is 2.85. The van der Waals surface area contributed by atoms with Gasteiger partial charge in [0.15, 0.2) is 0 Å². The molecule has 2 aromatic heterocycles. The van der Waals surface area contributed by atoms with Gasteiger partial charge >= 0.3 is 0 Å². The van der Waals surface area contributed by atoms with Crippen molar-refractivity contribution in [3.8, 4) is 0 Å². The van der Waals surface area contributed by atoms with Gasteiger partial charge in [-0.25, -0.2) is 18.1 Å². The number of hydrogen-bond acceptors (Lipinski definition) is 7. The van der Waals surface area contributed by atoms with E-state index in [1.807, 2.05) is 13.8 Å². The monoisotopic (exact) mass is 313 g/mol. The molecule has 9 heteroatoms. The molecular formula is C11H15N5O2S2. The van der Waals surface area contributed by atoms with Crippen LogP contribution in [0.1, 0.15) is 25.2 Å². The Morgan fingerprint density at radius 2 is 1.95 bits per heavy atom. The van der Waals surface area contributed by atoms with Crippen LogP contribution in [0.4, 0.5) is 11.6 Å². The van der Waals surface area contributed by atoms with Crippen molar-refractivity contribution in [1.29, 1.82) is 0 Å². The molecule has 2 rings (SSSR count). The molecule has 0 aliphatic rings. The van der Waals surface area contributed by atoms with E-state index in [1.54, 1.807) is 5.38 Å². The molecule has 0 aromatic carbocycles. The number of sulfonamides is 1. The van der Waals surface area contributed by atoms with Gasteiger partial charge in [0, 0.05) is 11.1 Å². The number of anilines is 2. The molecule has 108 valence electrons. The van der Waals surface area contributed by atoms with Gasteiger partial charge in [0.25, 0.3) is 16.0 Å². The number of thiophene rings is 1. The van der Waals surface area contributed by atoms with Gasteiger partial charge in [-0.15, -0.1) is 21.5 Å². The highest BCUT2D eigenvalue weighted by molar-refractivity contribution is 7.94.